The first-order valence-electron chi connectivity index (χ1n) is 19.3. The highest BCUT2D eigenvalue weighted by Crippen LogP contribution is 2.56. The molecule has 11 heteroatoms. The van der Waals surface area contributed by atoms with Crippen molar-refractivity contribution in [2.45, 2.75) is 95.0 Å². The predicted molar refractivity (Wildman–Crippen MR) is 207 cm³/mol. The SMILES string of the molecule is CC(C)(O)c1ccc(-c2nc3c(F)c(-c4cccc(Cl)c4Cl)c(CCC#N)cc3c3c2cc(C2C4CCC(C4)N2C(=O)C2CC2)n3C2C3CNC2C3)cn1. The lowest BCUT2D eigenvalue weighted by Crippen LogP contribution is -2.44. The van der Waals surface area contributed by atoms with Gasteiger partial charge in [0.1, 0.15) is 11.1 Å². The fourth-order valence-electron chi connectivity index (χ4n) is 10.3. The van der Waals surface area contributed by atoms with Gasteiger partial charge in [-0.25, -0.2) is 9.37 Å². The Morgan fingerprint density at radius 3 is 2.61 bits per heavy atom. The summed E-state index contributed by atoms with van der Waals surface area (Å²) in [5.74, 6) is 0.617. The normalized spacial score (nSPS) is 25.8. The van der Waals surface area contributed by atoms with Crippen molar-refractivity contribution in [3.8, 4) is 28.5 Å². The van der Waals surface area contributed by atoms with E-state index in [9.17, 15) is 15.2 Å². The summed E-state index contributed by atoms with van der Waals surface area (Å²) >= 11 is 13.3. The van der Waals surface area contributed by atoms with Crippen molar-refractivity contribution in [3.05, 3.63) is 81.5 Å². The molecule has 6 heterocycles. The molecule has 11 rings (SSSR count). The van der Waals surface area contributed by atoms with Gasteiger partial charge in [0.15, 0.2) is 5.82 Å². The smallest absolute Gasteiger partial charge is 0.226 e. The molecule has 3 saturated heterocycles. The Kier molecular flexibility index (Phi) is 7.95. The van der Waals surface area contributed by atoms with Gasteiger partial charge in [0, 0.05) is 70.3 Å². The number of benzene rings is 2. The zero-order chi connectivity index (χ0) is 37.2. The number of aryl methyl sites for hydroxylation is 1. The molecule has 5 aromatic rings. The fourth-order valence-corrected chi connectivity index (χ4v) is 10.7. The van der Waals surface area contributed by atoms with Gasteiger partial charge in [-0.1, -0.05) is 35.3 Å². The number of rotatable bonds is 8. The minimum Gasteiger partial charge on any atom is -0.384 e. The van der Waals surface area contributed by atoms with Gasteiger partial charge in [0.05, 0.1) is 45.1 Å². The third-order valence-electron chi connectivity index (χ3n) is 13.0. The van der Waals surface area contributed by atoms with E-state index in [0.717, 1.165) is 61.7 Å². The van der Waals surface area contributed by atoms with E-state index in [0.29, 0.717) is 56.7 Å². The minimum absolute atomic E-state index is 0.0738. The number of hydrogen-bond acceptors (Lipinski definition) is 6. The van der Waals surface area contributed by atoms with E-state index in [2.05, 4.69) is 31.9 Å². The average Bonchev–Trinajstić information content (AvgIpc) is 3.58. The summed E-state index contributed by atoms with van der Waals surface area (Å²) in [6.45, 7) is 4.30. The van der Waals surface area contributed by atoms with Crippen LogP contribution in [-0.4, -0.2) is 49.1 Å². The summed E-state index contributed by atoms with van der Waals surface area (Å²) < 4.78 is 20.2. The third-order valence-corrected chi connectivity index (χ3v) is 13.8. The van der Waals surface area contributed by atoms with Crippen molar-refractivity contribution in [1.82, 2.24) is 24.8 Å². The van der Waals surface area contributed by atoms with E-state index in [1.54, 1.807) is 44.3 Å². The number of halogens is 3. The summed E-state index contributed by atoms with van der Waals surface area (Å²) in [6.07, 6.45) is 8.31. The number of piperidine rings is 1. The van der Waals surface area contributed by atoms with Gasteiger partial charge in [-0.15, -0.1) is 0 Å². The Balaban J connectivity index is 1.31. The molecule has 2 N–H and O–H groups in total. The van der Waals surface area contributed by atoms with Crippen molar-refractivity contribution in [2.75, 3.05) is 6.54 Å². The third kappa shape index (κ3) is 5.17. The van der Waals surface area contributed by atoms with Gasteiger partial charge in [-0.2, -0.15) is 5.26 Å². The van der Waals surface area contributed by atoms with Crippen LogP contribution < -0.4 is 5.32 Å². The van der Waals surface area contributed by atoms with E-state index in [1.165, 1.54) is 0 Å². The minimum atomic E-state index is -1.14. The van der Waals surface area contributed by atoms with Crippen molar-refractivity contribution >= 4 is 50.9 Å². The van der Waals surface area contributed by atoms with Crippen LogP contribution in [0.3, 0.4) is 0 Å². The Morgan fingerprint density at radius 2 is 1.93 bits per heavy atom. The van der Waals surface area contributed by atoms with Gasteiger partial charge in [-0.3, -0.25) is 9.78 Å². The van der Waals surface area contributed by atoms with Crippen LogP contribution in [0.1, 0.15) is 87.8 Å². The van der Waals surface area contributed by atoms with Crippen LogP contribution in [0.4, 0.5) is 4.39 Å². The van der Waals surface area contributed by atoms with Crippen LogP contribution in [0, 0.1) is 34.9 Å². The van der Waals surface area contributed by atoms with E-state index in [1.807, 2.05) is 12.1 Å². The van der Waals surface area contributed by atoms with Crippen LogP contribution >= 0.6 is 23.2 Å². The number of nitriles is 1. The summed E-state index contributed by atoms with van der Waals surface area (Å²) in [7, 11) is 0. The standard InChI is InChI=1S/C43H41Cl2FN6O2/c1-43(2,54)33-13-11-24(19-49-33)37-29-18-32(40-23-10-12-26(15-23)51(40)42(53)21-8-9-21)52(39-25-17-31(39)48-20-25)41(29)28-16-22(5-4-14-47)34(36(46)38(28)50-37)27-6-3-7-30(44)35(27)45/h3,6-7,11,13,16,18-19,21,23,25-26,31,39-40,48,54H,4-5,8-10,12,15,17,20H2,1-2H3. The number of aromatic nitrogens is 3. The first-order valence-corrected chi connectivity index (χ1v) is 20.0. The van der Waals surface area contributed by atoms with E-state index >= 15 is 4.39 Å². The van der Waals surface area contributed by atoms with Crippen LogP contribution in [0.2, 0.25) is 10.0 Å². The Bertz CT molecular complexity index is 2420. The number of carbonyl (C=O) groups is 1. The summed E-state index contributed by atoms with van der Waals surface area (Å²) in [6, 6.07) is 15.9. The Morgan fingerprint density at radius 1 is 1.09 bits per heavy atom. The average molecular weight is 764 g/mol. The molecule has 4 bridgehead atoms. The molecular formula is C43H41Cl2FN6O2. The molecule has 276 valence electrons. The molecule has 8 nitrogen and oxygen atoms in total. The lowest BCUT2D eigenvalue weighted by molar-refractivity contribution is -0.137. The highest BCUT2D eigenvalue weighted by Gasteiger charge is 2.55. The number of nitrogens with one attached hydrogen (secondary N) is 1. The number of pyridine rings is 2. The highest BCUT2D eigenvalue weighted by atomic mass is 35.5. The summed E-state index contributed by atoms with van der Waals surface area (Å²) in [4.78, 5) is 26.2. The molecule has 54 heavy (non-hydrogen) atoms. The van der Waals surface area contributed by atoms with Crippen molar-refractivity contribution in [2.24, 2.45) is 17.8 Å². The van der Waals surface area contributed by atoms with E-state index in [-0.39, 0.29) is 58.5 Å². The number of nitrogens with zero attached hydrogens (tertiary/aromatic N) is 5. The summed E-state index contributed by atoms with van der Waals surface area (Å²) in [5, 5.41) is 26.3. The molecule has 6 atom stereocenters. The van der Waals surface area contributed by atoms with Gasteiger partial charge >= 0.3 is 0 Å². The maximum absolute atomic E-state index is 17.7. The quantitative estimate of drug-likeness (QED) is 0.163. The lowest BCUT2D eigenvalue weighted by atomic mass is 9.79. The first kappa shape index (κ1) is 34.4. The largest absolute Gasteiger partial charge is 0.384 e. The molecule has 6 aliphatic rings. The maximum Gasteiger partial charge on any atom is 0.226 e. The van der Waals surface area contributed by atoms with Crippen molar-refractivity contribution < 1.29 is 14.3 Å². The second-order valence-corrected chi connectivity index (χ2v) is 17.5. The monoisotopic (exact) mass is 762 g/mol. The van der Waals surface area contributed by atoms with Gasteiger partial charge in [0.25, 0.3) is 0 Å². The van der Waals surface area contributed by atoms with Crippen molar-refractivity contribution in [3.63, 3.8) is 0 Å². The fraction of sp³-hybridized carbons (Fsp3) is 0.442. The lowest BCUT2D eigenvalue weighted by Gasteiger charge is -2.42. The van der Waals surface area contributed by atoms with Crippen LogP contribution in [0.25, 0.3) is 44.2 Å². The molecule has 3 aliphatic heterocycles. The van der Waals surface area contributed by atoms with E-state index < -0.39 is 11.4 Å². The second-order valence-electron chi connectivity index (χ2n) is 16.7. The Hall–Kier alpha value is -4.07. The van der Waals surface area contributed by atoms with Crippen LogP contribution in [0.5, 0.6) is 0 Å². The Labute approximate surface area is 323 Å². The first-order chi connectivity index (χ1) is 26.0. The molecule has 3 saturated carbocycles. The van der Waals surface area contributed by atoms with Gasteiger partial charge < -0.3 is 19.9 Å². The number of aliphatic hydroxyl groups is 1. The van der Waals surface area contributed by atoms with Crippen LogP contribution in [-0.2, 0) is 16.8 Å². The van der Waals surface area contributed by atoms with Gasteiger partial charge in [-0.05, 0) is 107 Å². The highest BCUT2D eigenvalue weighted by molar-refractivity contribution is 6.43. The van der Waals surface area contributed by atoms with Crippen LogP contribution in [0.15, 0.2) is 48.7 Å². The maximum atomic E-state index is 17.7. The van der Waals surface area contributed by atoms with Gasteiger partial charge in [0.2, 0.25) is 5.91 Å². The molecule has 0 radical (unpaired) electrons. The topological polar surface area (TPSA) is 107 Å². The molecule has 3 aromatic heterocycles. The number of hydrogen-bond donors (Lipinski definition) is 2. The molecule has 3 aliphatic carbocycles. The molecule has 0 spiro atoms. The number of amides is 1. The second kappa shape index (κ2) is 12.5. The number of likely N-dealkylation sites (tertiary alicyclic amines) is 1. The molecule has 6 unspecified atom stereocenters. The zero-order valence-corrected chi connectivity index (χ0v) is 31.8. The molecule has 2 aromatic carbocycles. The van der Waals surface area contributed by atoms with E-state index in [4.69, 9.17) is 28.2 Å². The van der Waals surface area contributed by atoms with Crippen molar-refractivity contribution in [1.29, 1.82) is 5.26 Å². The molecule has 6 fully saturated rings. The predicted octanol–water partition coefficient (Wildman–Crippen LogP) is 9.04. The molecular weight excluding hydrogens is 722 g/mol. The number of carbonyl (C=O) groups excluding carboxylic acids is 1. The number of fused-ring (bicyclic) bond motifs is 6. The zero-order valence-electron chi connectivity index (χ0n) is 30.2. The molecule has 1 amide bonds. The summed E-state index contributed by atoms with van der Waals surface area (Å²) in [5.41, 5.74) is 4.24.